The molecule has 0 unspecified atom stereocenters. The molecule has 0 aliphatic rings. The number of nitrogens with one attached hydrogen (secondary N) is 1. The summed E-state index contributed by atoms with van der Waals surface area (Å²) in [5.74, 6) is 1.61. The van der Waals surface area contributed by atoms with Crippen LogP contribution in [0, 0.1) is 6.92 Å². The molecule has 0 saturated heterocycles. The summed E-state index contributed by atoms with van der Waals surface area (Å²) in [6.45, 7) is 7.56. The van der Waals surface area contributed by atoms with Crippen molar-refractivity contribution < 1.29 is 18.7 Å². The molecule has 1 amide bonds. The Bertz CT molecular complexity index is 698. The highest BCUT2D eigenvalue weighted by molar-refractivity contribution is 6.31. The van der Waals surface area contributed by atoms with Crippen LogP contribution in [0.5, 0.6) is 5.75 Å². The van der Waals surface area contributed by atoms with Crippen LogP contribution in [0.3, 0.4) is 0 Å². The topological polar surface area (TPSA) is 60.7 Å². The number of benzene rings is 1. The Morgan fingerprint density at radius 3 is 2.85 bits per heavy atom. The van der Waals surface area contributed by atoms with Gasteiger partial charge >= 0.3 is 0 Å². The van der Waals surface area contributed by atoms with E-state index in [9.17, 15) is 4.79 Å². The van der Waals surface area contributed by atoms with Gasteiger partial charge in [0.05, 0.1) is 6.26 Å². The molecule has 1 aromatic carbocycles. The second-order valence-corrected chi connectivity index (χ2v) is 6.83. The van der Waals surface area contributed by atoms with E-state index in [-0.39, 0.29) is 18.4 Å². The molecule has 1 aromatic heterocycles. The molecule has 6 heteroatoms. The van der Waals surface area contributed by atoms with E-state index in [1.165, 1.54) is 0 Å². The lowest BCUT2D eigenvalue weighted by atomic mass is 10.0. The lowest BCUT2D eigenvalue weighted by molar-refractivity contribution is -0.123. The first-order valence-corrected chi connectivity index (χ1v) is 9.15. The van der Waals surface area contributed by atoms with E-state index >= 15 is 0 Å². The van der Waals surface area contributed by atoms with Crippen LogP contribution in [0.4, 0.5) is 0 Å². The molecular weight excluding hydrogens is 354 g/mol. The molecule has 0 aliphatic carbocycles. The van der Waals surface area contributed by atoms with Crippen LogP contribution in [0.2, 0.25) is 5.02 Å². The van der Waals surface area contributed by atoms with Crippen molar-refractivity contribution in [3.8, 4) is 5.75 Å². The number of hydrogen-bond acceptors (Lipinski definition) is 4. The van der Waals surface area contributed by atoms with Gasteiger partial charge < -0.3 is 19.2 Å². The quantitative estimate of drug-likeness (QED) is 0.619. The molecule has 2 rings (SSSR count). The summed E-state index contributed by atoms with van der Waals surface area (Å²) < 4.78 is 16.4. The van der Waals surface area contributed by atoms with Crippen LogP contribution in [0.15, 0.2) is 34.9 Å². The number of furan rings is 1. The Labute approximate surface area is 159 Å². The van der Waals surface area contributed by atoms with E-state index in [2.05, 4.69) is 19.2 Å². The number of hydrogen-bond donors (Lipinski definition) is 1. The van der Waals surface area contributed by atoms with E-state index in [4.69, 9.17) is 25.5 Å². The standard InChI is InChI=1S/C20H26ClNO4/c1-14(2)17-11-18(21)15(3)10-19(17)26-13-20(23)22-7-5-8-24-12-16-6-4-9-25-16/h4,6,9-11,14H,5,7-8,12-13H2,1-3H3,(H,22,23). The van der Waals surface area contributed by atoms with Crippen molar-refractivity contribution in [2.24, 2.45) is 0 Å². The predicted molar refractivity (Wildman–Crippen MR) is 102 cm³/mol. The Balaban J connectivity index is 1.68. The summed E-state index contributed by atoms with van der Waals surface area (Å²) in [6, 6.07) is 7.48. The molecule has 0 radical (unpaired) electrons. The maximum absolute atomic E-state index is 12.0. The van der Waals surface area contributed by atoms with Crippen molar-refractivity contribution in [1.82, 2.24) is 5.32 Å². The molecule has 0 bridgehead atoms. The van der Waals surface area contributed by atoms with Gasteiger partial charge in [-0.1, -0.05) is 25.4 Å². The van der Waals surface area contributed by atoms with Gasteiger partial charge in [-0.05, 0) is 54.7 Å². The molecular formula is C20H26ClNO4. The van der Waals surface area contributed by atoms with E-state index in [1.54, 1.807) is 6.26 Å². The maximum Gasteiger partial charge on any atom is 0.257 e. The molecule has 0 atom stereocenters. The second-order valence-electron chi connectivity index (χ2n) is 6.42. The minimum Gasteiger partial charge on any atom is -0.483 e. The summed E-state index contributed by atoms with van der Waals surface area (Å²) in [5.41, 5.74) is 1.93. The van der Waals surface area contributed by atoms with E-state index in [0.29, 0.717) is 30.5 Å². The highest BCUT2D eigenvalue weighted by Crippen LogP contribution is 2.31. The molecule has 2 aromatic rings. The number of halogens is 1. The van der Waals surface area contributed by atoms with Crippen LogP contribution in [0.25, 0.3) is 0 Å². The van der Waals surface area contributed by atoms with Crippen LogP contribution in [0.1, 0.15) is 43.1 Å². The smallest absolute Gasteiger partial charge is 0.257 e. The molecule has 1 N–H and O–H groups in total. The molecule has 142 valence electrons. The highest BCUT2D eigenvalue weighted by Gasteiger charge is 2.12. The van der Waals surface area contributed by atoms with Crippen molar-refractivity contribution >= 4 is 17.5 Å². The fraction of sp³-hybridized carbons (Fsp3) is 0.450. The van der Waals surface area contributed by atoms with Gasteiger partial charge in [-0.15, -0.1) is 0 Å². The minimum atomic E-state index is -0.154. The average Bonchev–Trinajstić information content (AvgIpc) is 3.11. The zero-order chi connectivity index (χ0) is 18.9. The first kappa shape index (κ1) is 20.3. The summed E-state index contributed by atoms with van der Waals surface area (Å²) in [5, 5.41) is 3.54. The average molecular weight is 380 g/mol. The maximum atomic E-state index is 12.0. The Kier molecular flexibility index (Phi) is 8.01. The van der Waals surface area contributed by atoms with Crippen molar-refractivity contribution in [2.75, 3.05) is 19.8 Å². The van der Waals surface area contributed by atoms with Crippen LogP contribution >= 0.6 is 11.6 Å². The van der Waals surface area contributed by atoms with Gasteiger partial charge in [-0.3, -0.25) is 4.79 Å². The third-order valence-electron chi connectivity index (χ3n) is 3.88. The Hall–Kier alpha value is -1.98. The predicted octanol–water partition coefficient (Wildman–Crippen LogP) is 4.47. The summed E-state index contributed by atoms with van der Waals surface area (Å²) >= 11 is 6.18. The third kappa shape index (κ3) is 6.39. The first-order chi connectivity index (χ1) is 12.5. The van der Waals surface area contributed by atoms with Gasteiger partial charge in [0.15, 0.2) is 6.61 Å². The van der Waals surface area contributed by atoms with Gasteiger partial charge in [-0.2, -0.15) is 0 Å². The Morgan fingerprint density at radius 1 is 1.35 bits per heavy atom. The van der Waals surface area contributed by atoms with Crippen LogP contribution in [-0.4, -0.2) is 25.7 Å². The first-order valence-electron chi connectivity index (χ1n) is 8.77. The normalized spacial score (nSPS) is 11.0. The molecule has 5 nitrogen and oxygen atoms in total. The van der Waals surface area contributed by atoms with Crippen molar-refractivity contribution in [3.05, 3.63) is 52.4 Å². The molecule has 0 spiro atoms. The summed E-state index contributed by atoms with van der Waals surface area (Å²) in [6.07, 6.45) is 2.34. The van der Waals surface area contributed by atoms with Crippen molar-refractivity contribution in [3.63, 3.8) is 0 Å². The van der Waals surface area contributed by atoms with Gasteiger partial charge in [-0.25, -0.2) is 0 Å². The lowest BCUT2D eigenvalue weighted by Gasteiger charge is -2.16. The summed E-state index contributed by atoms with van der Waals surface area (Å²) in [4.78, 5) is 12.0. The molecule has 0 aliphatic heterocycles. The van der Waals surface area contributed by atoms with E-state index in [0.717, 1.165) is 23.3 Å². The van der Waals surface area contributed by atoms with Crippen LogP contribution in [-0.2, 0) is 16.1 Å². The monoisotopic (exact) mass is 379 g/mol. The number of carbonyl (C=O) groups excluding carboxylic acids is 1. The summed E-state index contributed by atoms with van der Waals surface area (Å²) in [7, 11) is 0. The molecule has 1 heterocycles. The van der Waals surface area contributed by atoms with Crippen molar-refractivity contribution in [2.45, 2.75) is 39.7 Å². The third-order valence-corrected chi connectivity index (χ3v) is 4.29. The second kappa shape index (κ2) is 10.2. The number of carbonyl (C=O) groups is 1. The zero-order valence-corrected chi connectivity index (χ0v) is 16.3. The number of aryl methyl sites for hydroxylation is 1. The van der Waals surface area contributed by atoms with E-state index < -0.39 is 0 Å². The molecule has 26 heavy (non-hydrogen) atoms. The zero-order valence-electron chi connectivity index (χ0n) is 15.5. The fourth-order valence-electron chi connectivity index (χ4n) is 2.41. The molecule has 0 saturated carbocycles. The SMILES string of the molecule is Cc1cc(OCC(=O)NCCCOCc2ccco2)c(C(C)C)cc1Cl. The minimum absolute atomic E-state index is 0.0198. The van der Waals surface area contributed by atoms with Crippen LogP contribution < -0.4 is 10.1 Å². The highest BCUT2D eigenvalue weighted by atomic mass is 35.5. The van der Waals surface area contributed by atoms with Gasteiger partial charge in [0.25, 0.3) is 5.91 Å². The number of ether oxygens (including phenoxy) is 2. The van der Waals surface area contributed by atoms with Gasteiger partial charge in [0.1, 0.15) is 18.1 Å². The lowest BCUT2D eigenvalue weighted by Crippen LogP contribution is -2.30. The largest absolute Gasteiger partial charge is 0.483 e. The van der Waals surface area contributed by atoms with Gasteiger partial charge in [0.2, 0.25) is 0 Å². The van der Waals surface area contributed by atoms with Crippen molar-refractivity contribution in [1.29, 1.82) is 0 Å². The van der Waals surface area contributed by atoms with E-state index in [1.807, 2.05) is 31.2 Å². The molecule has 0 fully saturated rings. The Morgan fingerprint density at radius 2 is 2.15 bits per heavy atom. The fourth-order valence-corrected chi connectivity index (χ4v) is 2.58. The number of amides is 1. The number of rotatable bonds is 10. The van der Waals surface area contributed by atoms with Gasteiger partial charge in [0, 0.05) is 18.2 Å².